The van der Waals surface area contributed by atoms with Crippen molar-refractivity contribution >= 4 is 34.2 Å². The van der Waals surface area contributed by atoms with Crippen LogP contribution in [0.4, 0.5) is 0 Å². The van der Waals surface area contributed by atoms with E-state index in [1.54, 1.807) is 7.11 Å². The third kappa shape index (κ3) is 2.61. The third-order valence-corrected chi connectivity index (χ3v) is 2.72. The first-order valence-corrected chi connectivity index (χ1v) is 5.52. The van der Waals surface area contributed by atoms with Crippen LogP contribution < -0.4 is 0 Å². The molecular formula is C9H10ClIO. The predicted molar refractivity (Wildman–Crippen MR) is 60.1 cm³/mol. The summed E-state index contributed by atoms with van der Waals surface area (Å²) in [4.78, 5) is 0. The van der Waals surface area contributed by atoms with Crippen molar-refractivity contribution in [3.63, 3.8) is 0 Å². The van der Waals surface area contributed by atoms with Crippen molar-refractivity contribution in [2.75, 3.05) is 11.5 Å². The van der Waals surface area contributed by atoms with Gasteiger partial charge in [-0.2, -0.15) is 0 Å². The Hall–Kier alpha value is 0.200. The minimum absolute atomic E-state index is 0.183. The molecular weight excluding hydrogens is 286 g/mol. The van der Waals surface area contributed by atoms with Crippen LogP contribution in [0.5, 0.6) is 0 Å². The summed E-state index contributed by atoms with van der Waals surface area (Å²) in [5, 5.41) is 0.766. The van der Waals surface area contributed by atoms with Gasteiger partial charge in [0.15, 0.2) is 0 Å². The molecule has 0 N–H and O–H groups in total. The number of alkyl halides is 1. The molecule has 0 aliphatic carbocycles. The number of halogens is 2. The summed E-state index contributed by atoms with van der Waals surface area (Å²) >= 11 is 8.06. The summed E-state index contributed by atoms with van der Waals surface area (Å²) in [7, 11) is 1.72. The lowest BCUT2D eigenvalue weighted by atomic mass is 10.1. The molecule has 0 aromatic heterocycles. The quantitative estimate of drug-likeness (QED) is 0.613. The van der Waals surface area contributed by atoms with E-state index in [2.05, 4.69) is 22.6 Å². The molecule has 1 aromatic carbocycles. The van der Waals surface area contributed by atoms with E-state index in [1.165, 1.54) is 5.56 Å². The highest BCUT2D eigenvalue weighted by molar-refractivity contribution is 14.1. The monoisotopic (exact) mass is 296 g/mol. The average Bonchev–Trinajstić information content (AvgIpc) is 2.10. The lowest BCUT2D eigenvalue weighted by molar-refractivity contribution is 0.126. The molecule has 0 heterocycles. The van der Waals surface area contributed by atoms with Gasteiger partial charge in [0.1, 0.15) is 0 Å². The Labute approximate surface area is 91.2 Å². The first-order chi connectivity index (χ1) is 5.77. The van der Waals surface area contributed by atoms with Crippen LogP contribution in [-0.2, 0) is 4.74 Å². The second-order valence-corrected chi connectivity index (χ2v) is 3.75. The molecule has 0 spiro atoms. The van der Waals surface area contributed by atoms with Crippen molar-refractivity contribution in [2.24, 2.45) is 0 Å². The summed E-state index contributed by atoms with van der Waals surface area (Å²) in [5.74, 6) is 0. The predicted octanol–water partition coefficient (Wildman–Crippen LogP) is 3.46. The molecule has 1 atom stereocenters. The number of rotatable bonds is 3. The molecule has 1 unspecified atom stereocenters. The maximum atomic E-state index is 5.76. The zero-order valence-corrected chi connectivity index (χ0v) is 9.67. The van der Waals surface area contributed by atoms with Crippen LogP contribution in [0.1, 0.15) is 11.7 Å². The van der Waals surface area contributed by atoms with Gasteiger partial charge in [-0.15, -0.1) is 0 Å². The first kappa shape index (κ1) is 10.3. The van der Waals surface area contributed by atoms with Crippen molar-refractivity contribution in [1.29, 1.82) is 0 Å². The van der Waals surface area contributed by atoms with Crippen molar-refractivity contribution in [2.45, 2.75) is 6.10 Å². The molecule has 66 valence electrons. The van der Waals surface area contributed by atoms with Crippen LogP contribution in [0.25, 0.3) is 0 Å². The molecule has 0 radical (unpaired) electrons. The van der Waals surface area contributed by atoms with E-state index in [1.807, 2.05) is 24.3 Å². The zero-order chi connectivity index (χ0) is 8.97. The van der Waals surface area contributed by atoms with Crippen molar-refractivity contribution in [3.8, 4) is 0 Å². The van der Waals surface area contributed by atoms with E-state index >= 15 is 0 Å². The summed E-state index contributed by atoms with van der Waals surface area (Å²) in [6.07, 6.45) is 0.183. The van der Waals surface area contributed by atoms with Crippen molar-refractivity contribution < 1.29 is 4.74 Å². The van der Waals surface area contributed by atoms with Crippen molar-refractivity contribution in [3.05, 3.63) is 34.9 Å². The van der Waals surface area contributed by atoms with Crippen LogP contribution in [-0.4, -0.2) is 11.5 Å². The number of hydrogen-bond donors (Lipinski definition) is 0. The van der Waals surface area contributed by atoms with Gasteiger partial charge in [0.2, 0.25) is 0 Å². The molecule has 0 bridgehead atoms. The van der Waals surface area contributed by atoms with Gasteiger partial charge in [-0.1, -0.05) is 46.3 Å². The standard InChI is InChI=1S/C9H10ClIO/c1-12-9(6-11)7-2-4-8(10)5-3-7/h2-5,9H,6H2,1H3. The smallest absolute Gasteiger partial charge is 0.0910 e. The van der Waals surface area contributed by atoms with E-state index in [4.69, 9.17) is 16.3 Å². The van der Waals surface area contributed by atoms with Crippen LogP contribution in [0.3, 0.4) is 0 Å². The van der Waals surface area contributed by atoms with Gasteiger partial charge in [0, 0.05) is 16.6 Å². The molecule has 0 fully saturated rings. The topological polar surface area (TPSA) is 9.23 Å². The van der Waals surface area contributed by atoms with E-state index in [-0.39, 0.29) is 6.10 Å². The van der Waals surface area contributed by atoms with Gasteiger partial charge in [0.25, 0.3) is 0 Å². The summed E-state index contributed by atoms with van der Waals surface area (Å²) in [6, 6.07) is 7.76. The van der Waals surface area contributed by atoms with E-state index in [0.717, 1.165) is 9.45 Å². The second kappa shape index (κ2) is 5.04. The molecule has 0 saturated carbocycles. The van der Waals surface area contributed by atoms with Crippen LogP contribution in [0.2, 0.25) is 5.02 Å². The zero-order valence-electron chi connectivity index (χ0n) is 6.76. The fourth-order valence-electron chi connectivity index (χ4n) is 0.966. The maximum absolute atomic E-state index is 5.76. The Morgan fingerprint density at radius 3 is 2.42 bits per heavy atom. The Balaban J connectivity index is 2.80. The highest BCUT2D eigenvalue weighted by atomic mass is 127. The van der Waals surface area contributed by atoms with Crippen molar-refractivity contribution in [1.82, 2.24) is 0 Å². The molecule has 0 aliphatic heterocycles. The normalized spacial score (nSPS) is 12.9. The third-order valence-electron chi connectivity index (χ3n) is 1.67. The average molecular weight is 297 g/mol. The maximum Gasteiger partial charge on any atom is 0.0910 e. The molecule has 0 aliphatic rings. The van der Waals surface area contributed by atoms with Crippen LogP contribution in [0.15, 0.2) is 24.3 Å². The summed E-state index contributed by atoms with van der Waals surface area (Å²) < 4.78 is 6.23. The number of hydrogen-bond acceptors (Lipinski definition) is 1. The Bertz CT molecular complexity index is 231. The van der Waals surface area contributed by atoms with Gasteiger partial charge >= 0.3 is 0 Å². The minimum atomic E-state index is 0.183. The molecule has 3 heteroatoms. The number of ether oxygens (including phenoxy) is 1. The largest absolute Gasteiger partial charge is 0.376 e. The molecule has 0 saturated heterocycles. The van der Waals surface area contributed by atoms with Gasteiger partial charge in [-0.3, -0.25) is 0 Å². The SMILES string of the molecule is COC(CI)c1ccc(Cl)cc1. The Morgan fingerprint density at radius 1 is 1.42 bits per heavy atom. The van der Waals surface area contributed by atoms with Gasteiger partial charge in [-0.05, 0) is 17.7 Å². The second-order valence-electron chi connectivity index (χ2n) is 2.43. The first-order valence-electron chi connectivity index (χ1n) is 3.62. The van der Waals surface area contributed by atoms with E-state index < -0.39 is 0 Å². The van der Waals surface area contributed by atoms with Gasteiger partial charge < -0.3 is 4.74 Å². The van der Waals surface area contributed by atoms with E-state index in [9.17, 15) is 0 Å². The molecule has 0 amide bonds. The summed E-state index contributed by atoms with van der Waals surface area (Å²) in [6.45, 7) is 0. The van der Waals surface area contributed by atoms with Gasteiger partial charge in [0.05, 0.1) is 6.10 Å². The highest BCUT2D eigenvalue weighted by Gasteiger charge is 2.06. The molecule has 1 rings (SSSR count). The number of benzene rings is 1. The van der Waals surface area contributed by atoms with Gasteiger partial charge in [-0.25, -0.2) is 0 Å². The highest BCUT2D eigenvalue weighted by Crippen LogP contribution is 2.20. The van der Waals surface area contributed by atoms with Crippen LogP contribution in [0, 0.1) is 0 Å². The fourth-order valence-corrected chi connectivity index (χ4v) is 1.96. The minimum Gasteiger partial charge on any atom is -0.376 e. The van der Waals surface area contributed by atoms with E-state index in [0.29, 0.717) is 0 Å². The summed E-state index contributed by atoms with van der Waals surface area (Å²) in [5.41, 5.74) is 1.18. The number of methoxy groups -OCH3 is 1. The Morgan fingerprint density at radius 2 is 2.00 bits per heavy atom. The molecule has 1 nitrogen and oxygen atoms in total. The fraction of sp³-hybridized carbons (Fsp3) is 0.333. The Kier molecular flexibility index (Phi) is 4.32. The molecule has 1 aromatic rings. The van der Waals surface area contributed by atoms with Crippen LogP contribution >= 0.6 is 34.2 Å². The lowest BCUT2D eigenvalue weighted by Gasteiger charge is -2.11. The lowest BCUT2D eigenvalue weighted by Crippen LogP contribution is -2.01. The molecule has 12 heavy (non-hydrogen) atoms.